The Balaban J connectivity index is 1.24. The van der Waals surface area contributed by atoms with Gasteiger partial charge in [0.15, 0.2) is 11.5 Å². The predicted molar refractivity (Wildman–Crippen MR) is 128 cm³/mol. The molecule has 0 aliphatic heterocycles. The fourth-order valence-corrected chi connectivity index (χ4v) is 4.32. The zero-order chi connectivity index (χ0) is 22.6. The van der Waals surface area contributed by atoms with Gasteiger partial charge in [-0.3, -0.25) is 9.78 Å². The lowest BCUT2D eigenvalue weighted by atomic mass is 9.92. The van der Waals surface area contributed by atoms with Crippen molar-refractivity contribution in [3.63, 3.8) is 0 Å². The number of hydrogen-bond acceptors (Lipinski definition) is 6. The van der Waals surface area contributed by atoms with E-state index in [0.29, 0.717) is 24.6 Å². The van der Waals surface area contributed by atoms with Crippen LogP contribution in [-0.4, -0.2) is 36.2 Å². The number of pyridine rings is 1. The van der Waals surface area contributed by atoms with E-state index in [1.165, 1.54) is 24.1 Å². The van der Waals surface area contributed by atoms with E-state index in [2.05, 4.69) is 27.9 Å². The molecule has 0 atom stereocenters. The number of carbonyl (C=O) groups excluding carboxylic acids is 1. The minimum absolute atomic E-state index is 0.250. The lowest BCUT2D eigenvalue weighted by Crippen LogP contribution is -2.29. The molecule has 1 aliphatic rings. The molecule has 2 aromatic carbocycles. The largest absolute Gasteiger partial charge is 0.497 e. The summed E-state index contributed by atoms with van der Waals surface area (Å²) in [7, 11) is 1.61. The maximum atomic E-state index is 12.6. The third kappa shape index (κ3) is 4.39. The number of aryl methyl sites for hydroxylation is 1. The van der Waals surface area contributed by atoms with Crippen LogP contribution in [0.25, 0.3) is 22.2 Å². The van der Waals surface area contributed by atoms with Gasteiger partial charge in [-0.25, -0.2) is 0 Å². The summed E-state index contributed by atoms with van der Waals surface area (Å²) in [4.78, 5) is 17.4. The maximum absolute atomic E-state index is 12.6. The third-order valence-corrected chi connectivity index (χ3v) is 5.98. The van der Waals surface area contributed by atoms with Crippen molar-refractivity contribution in [1.29, 1.82) is 0 Å². The second kappa shape index (κ2) is 9.32. The highest BCUT2D eigenvalue weighted by Gasteiger charge is 2.18. The first-order chi connectivity index (χ1) is 16.2. The Morgan fingerprint density at radius 1 is 1.06 bits per heavy atom. The van der Waals surface area contributed by atoms with Crippen molar-refractivity contribution < 1.29 is 14.1 Å². The van der Waals surface area contributed by atoms with Crippen LogP contribution in [0.1, 0.15) is 34.6 Å². The number of nitrogens with zero attached hydrogens (tertiary/aromatic N) is 2. The van der Waals surface area contributed by atoms with Gasteiger partial charge in [0.05, 0.1) is 12.6 Å². The number of aromatic nitrogens is 2. The number of nitrogens with one attached hydrogen (secondary N) is 2. The van der Waals surface area contributed by atoms with Crippen LogP contribution in [0.3, 0.4) is 0 Å². The van der Waals surface area contributed by atoms with E-state index in [0.717, 1.165) is 35.0 Å². The summed E-state index contributed by atoms with van der Waals surface area (Å²) in [6.07, 6.45) is 4.42. The van der Waals surface area contributed by atoms with Gasteiger partial charge >= 0.3 is 0 Å². The summed E-state index contributed by atoms with van der Waals surface area (Å²) < 4.78 is 10.6. The van der Waals surface area contributed by atoms with Crippen LogP contribution < -0.4 is 15.4 Å². The lowest BCUT2D eigenvalue weighted by Gasteiger charge is -2.21. The first-order valence-corrected chi connectivity index (χ1v) is 11.3. The number of anilines is 1. The molecule has 168 valence electrons. The van der Waals surface area contributed by atoms with Crippen LogP contribution in [-0.2, 0) is 12.8 Å². The van der Waals surface area contributed by atoms with Crippen molar-refractivity contribution in [1.82, 2.24) is 15.5 Å². The minimum atomic E-state index is -0.267. The Kier molecular flexibility index (Phi) is 5.93. The lowest BCUT2D eigenvalue weighted by molar-refractivity contribution is 0.0946. The van der Waals surface area contributed by atoms with Gasteiger partial charge in [0.2, 0.25) is 0 Å². The Hall–Kier alpha value is -3.87. The van der Waals surface area contributed by atoms with E-state index in [9.17, 15) is 4.79 Å². The van der Waals surface area contributed by atoms with Gasteiger partial charge < -0.3 is 19.9 Å². The van der Waals surface area contributed by atoms with Crippen LogP contribution >= 0.6 is 0 Å². The van der Waals surface area contributed by atoms with Crippen molar-refractivity contribution in [3.8, 4) is 17.1 Å². The standard InChI is InChI=1S/C26H26N4O3/c1-32-18-8-6-7-17(15-18)24-16-23(30-33-24)26(31)28-14-13-27-25-19-9-2-4-11-21(19)29-22-12-5-3-10-20(22)25/h2,4,6-9,11,15-16H,3,5,10,12-14H2,1H3,(H,27,29)(H,28,31). The molecule has 33 heavy (non-hydrogen) atoms. The van der Waals surface area contributed by atoms with Crippen molar-refractivity contribution in [2.75, 3.05) is 25.5 Å². The van der Waals surface area contributed by atoms with Crippen LogP contribution in [0.15, 0.2) is 59.1 Å². The third-order valence-electron chi connectivity index (χ3n) is 5.98. The molecule has 0 fully saturated rings. The summed E-state index contributed by atoms with van der Waals surface area (Å²) in [6.45, 7) is 1.07. The topological polar surface area (TPSA) is 89.3 Å². The number of methoxy groups -OCH3 is 1. The number of para-hydroxylation sites is 1. The highest BCUT2D eigenvalue weighted by Crippen LogP contribution is 2.33. The molecule has 0 bridgehead atoms. The monoisotopic (exact) mass is 442 g/mol. The van der Waals surface area contributed by atoms with E-state index in [1.807, 2.05) is 36.4 Å². The number of amides is 1. The van der Waals surface area contributed by atoms with Crippen LogP contribution in [0.4, 0.5) is 5.69 Å². The summed E-state index contributed by atoms with van der Waals surface area (Å²) >= 11 is 0. The molecule has 2 aromatic heterocycles. The number of benzene rings is 2. The molecule has 1 aliphatic carbocycles. The number of fused-ring (bicyclic) bond motifs is 2. The Labute approximate surface area is 192 Å². The second-order valence-electron chi connectivity index (χ2n) is 8.13. The molecular formula is C26H26N4O3. The molecule has 7 nitrogen and oxygen atoms in total. The van der Waals surface area contributed by atoms with Crippen LogP contribution in [0.2, 0.25) is 0 Å². The van der Waals surface area contributed by atoms with E-state index < -0.39 is 0 Å². The fraction of sp³-hybridized carbons (Fsp3) is 0.269. The van der Waals surface area contributed by atoms with Crippen molar-refractivity contribution in [3.05, 3.63) is 71.5 Å². The van der Waals surface area contributed by atoms with Gasteiger partial charge in [-0.05, 0) is 49.4 Å². The van der Waals surface area contributed by atoms with Crippen LogP contribution in [0.5, 0.6) is 5.75 Å². The molecule has 0 saturated heterocycles. The summed E-state index contributed by atoms with van der Waals surface area (Å²) in [5.74, 6) is 0.968. The molecule has 0 spiro atoms. The van der Waals surface area contributed by atoms with Gasteiger partial charge in [0.25, 0.3) is 5.91 Å². The number of carbonyl (C=O) groups is 1. The fourth-order valence-electron chi connectivity index (χ4n) is 4.32. The highest BCUT2D eigenvalue weighted by molar-refractivity contribution is 5.94. The smallest absolute Gasteiger partial charge is 0.273 e. The van der Waals surface area contributed by atoms with Crippen LogP contribution in [0, 0.1) is 0 Å². The van der Waals surface area contributed by atoms with Crippen molar-refractivity contribution in [2.45, 2.75) is 25.7 Å². The first kappa shape index (κ1) is 21.0. The molecule has 1 amide bonds. The number of hydrogen-bond donors (Lipinski definition) is 2. The molecule has 2 N–H and O–H groups in total. The van der Waals surface area contributed by atoms with E-state index in [4.69, 9.17) is 14.2 Å². The summed E-state index contributed by atoms with van der Waals surface area (Å²) in [5, 5.41) is 11.5. The van der Waals surface area contributed by atoms with Gasteiger partial charge in [-0.15, -0.1) is 0 Å². The zero-order valence-corrected chi connectivity index (χ0v) is 18.6. The van der Waals surface area contributed by atoms with Crippen molar-refractivity contribution >= 4 is 22.5 Å². The van der Waals surface area contributed by atoms with Gasteiger partial charge in [0, 0.05) is 41.5 Å². The molecule has 0 saturated carbocycles. The van der Waals surface area contributed by atoms with E-state index in [-0.39, 0.29) is 11.6 Å². The average Bonchev–Trinajstić information content (AvgIpc) is 3.36. The summed E-state index contributed by atoms with van der Waals surface area (Å²) in [5.41, 5.74) is 5.71. The molecule has 4 aromatic rings. The first-order valence-electron chi connectivity index (χ1n) is 11.3. The van der Waals surface area contributed by atoms with Gasteiger partial charge in [-0.2, -0.15) is 0 Å². The van der Waals surface area contributed by atoms with E-state index in [1.54, 1.807) is 13.2 Å². The minimum Gasteiger partial charge on any atom is -0.497 e. The predicted octanol–water partition coefficient (Wildman–Crippen LogP) is 4.62. The number of rotatable bonds is 7. The molecule has 5 rings (SSSR count). The molecule has 0 unspecified atom stereocenters. The maximum Gasteiger partial charge on any atom is 0.273 e. The average molecular weight is 443 g/mol. The van der Waals surface area contributed by atoms with Crippen molar-refractivity contribution in [2.24, 2.45) is 0 Å². The normalized spacial score (nSPS) is 12.9. The Morgan fingerprint density at radius 3 is 2.85 bits per heavy atom. The summed E-state index contributed by atoms with van der Waals surface area (Å²) in [6, 6.07) is 17.3. The highest BCUT2D eigenvalue weighted by atomic mass is 16.5. The SMILES string of the molecule is COc1cccc(-c2cc(C(=O)NCCNc3c4c(nc5ccccc35)CCCC4)no2)c1. The molecule has 2 heterocycles. The number of ether oxygens (including phenoxy) is 1. The Morgan fingerprint density at radius 2 is 1.94 bits per heavy atom. The Bertz CT molecular complexity index is 1300. The second-order valence-corrected chi connectivity index (χ2v) is 8.13. The van der Waals surface area contributed by atoms with E-state index >= 15 is 0 Å². The molecule has 7 heteroatoms. The zero-order valence-electron chi connectivity index (χ0n) is 18.6. The molecule has 0 radical (unpaired) electrons. The van der Waals surface area contributed by atoms with Gasteiger partial charge in [-0.1, -0.05) is 35.5 Å². The quantitative estimate of drug-likeness (QED) is 0.406. The molecular weight excluding hydrogens is 416 g/mol. The van der Waals surface area contributed by atoms with Gasteiger partial charge in [0.1, 0.15) is 5.75 Å².